The molecule has 0 atom stereocenters. The maximum atomic E-state index is 3.99. The molecule has 0 aliphatic rings. The van der Waals surface area contributed by atoms with Crippen molar-refractivity contribution in [2.24, 2.45) is 0 Å². The summed E-state index contributed by atoms with van der Waals surface area (Å²) in [4.78, 5) is 5.30. The molecule has 0 bridgehead atoms. The Bertz CT molecular complexity index is 338. The molecule has 1 heterocycles. The van der Waals surface area contributed by atoms with Crippen LogP contribution in [0.5, 0.6) is 0 Å². The summed E-state index contributed by atoms with van der Waals surface area (Å²) in [5.74, 6) is 1.01. The molecule has 0 N–H and O–H groups in total. The molecule has 2 rings (SSSR count). The molecule has 78 valence electrons. The Hall–Kier alpha value is -0.990. The fraction of sp³-hybridized carbons (Fsp3) is 0.0833. The SMILES string of the molecule is Cl.c1ccc(SCc2ccncc2)cc1. The maximum absolute atomic E-state index is 3.99. The van der Waals surface area contributed by atoms with Crippen molar-refractivity contribution in [1.82, 2.24) is 4.98 Å². The average Bonchev–Trinajstić information content (AvgIpc) is 2.29. The molecule has 15 heavy (non-hydrogen) atoms. The Morgan fingerprint density at radius 3 is 2.27 bits per heavy atom. The first kappa shape index (κ1) is 12.1. The van der Waals surface area contributed by atoms with Crippen LogP contribution in [-0.4, -0.2) is 4.98 Å². The Labute approximate surface area is 100 Å². The van der Waals surface area contributed by atoms with Gasteiger partial charge in [-0.3, -0.25) is 4.98 Å². The van der Waals surface area contributed by atoms with Crippen LogP contribution in [0, 0.1) is 0 Å². The third kappa shape index (κ3) is 3.94. The zero-order valence-electron chi connectivity index (χ0n) is 8.17. The molecular weight excluding hydrogens is 226 g/mol. The molecule has 2 aromatic rings. The number of benzene rings is 1. The molecular formula is C12H12ClNS. The van der Waals surface area contributed by atoms with Gasteiger partial charge >= 0.3 is 0 Å². The lowest BCUT2D eigenvalue weighted by Crippen LogP contribution is -1.80. The number of hydrogen-bond donors (Lipinski definition) is 0. The first-order valence-electron chi connectivity index (χ1n) is 4.52. The molecule has 0 spiro atoms. The summed E-state index contributed by atoms with van der Waals surface area (Å²) in [6.45, 7) is 0. The van der Waals surface area contributed by atoms with E-state index in [9.17, 15) is 0 Å². The van der Waals surface area contributed by atoms with E-state index in [1.807, 2.05) is 30.2 Å². The highest BCUT2D eigenvalue weighted by atomic mass is 35.5. The quantitative estimate of drug-likeness (QED) is 0.754. The Kier molecular flexibility index (Phi) is 5.22. The van der Waals surface area contributed by atoms with E-state index in [-0.39, 0.29) is 12.4 Å². The topological polar surface area (TPSA) is 12.9 Å². The standard InChI is InChI=1S/C12H11NS.ClH/c1-2-4-12(5-3-1)14-10-11-6-8-13-9-7-11;/h1-9H,10H2;1H. The van der Waals surface area contributed by atoms with Crippen molar-refractivity contribution in [2.75, 3.05) is 0 Å². The largest absolute Gasteiger partial charge is 0.265 e. The van der Waals surface area contributed by atoms with Gasteiger partial charge in [0.25, 0.3) is 0 Å². The number of nitrogens with zero attached hydrogens (tertiary/aromatic N) is 1. The van der Waals surface area contributed by atoms with Gasteiger partial charge in [-0.25, -0.2) is 0 Å². The summed E-state index contributed by atoms with van der Waals surface area (Å²) in [5, 5.41) is 0. The van der Waals surface area contributed by atoms with Crippen molar-refractivity contribution in [3.8, 4) is 0 Å². The van der Waals surface area contributed by atoms with E-state index in [1.54, 1.807) is 0 Å². The average molecular weight is 238 g/mol. The molecule has 1 aromatic carbocycles. The second-order valence-electron chi connectivity index (χ2n) is 2.96. The second kappa shape index (κ2) is 6.49. The first-order valence-corrected chi connectivity index (χ1v) is 5.50. The number of aromatic nitrogens is 1. The van der Waals surface area contributed by atoms with Crippen molar-refractivity contribution >= 4 is 24.2 Å². The van der Waals surface area contributed by atoms with Gasteiger partial charge in [0.1, 0.15) is 0 Å². The Balaban J connectivity index is 0.00000112. The maximum Gasteiger partial charge on any atom is 0.0270 e. The summed E-state index contributed by atoms with van der Waals surface area (Å²) in [6.07, 6.45) is 3.67. The highest BCUT2D eigenvalue weighted by Crippen LogP contribution is 2.21. The predicted molar refractivity (Wildman–Crippen MR) is 67.5 cm³/mol. The van der Waals surface area contributed by atoms with E-state index >= 15 is 0 Å². The van der Waals surface area contributed by atoms with Crippen LogP contribution in [0.2, 0.25) is 0 Å². The molecule has 0 amide bonds. The Morgan fingerprint density at radius 1 is 0.933 bits per heavy atom. The van der Waals surface area contributed by atoms with Crippen molar-refractivity contribution in [1.29, 1.82) is 0 Å². The summed E-state index contributed by atoms with van der Waals surface area (Å²) < 4.78 is 0. The smallest absolute Gasteiger partial charge is 0.0270 e. The minimum atomic E-state index is 0. The van der Waals surface area contributed by atoms with Crippen molar-refractivity contribution in [3.05, 3.63) is 60.4 Å². The predicted octanol–water partition coefficient (Wildman–Crippen LogP) is 3.80. The molecule has 0 radical (unpaired) electrons. The fourth-order valence-corrected chi connectivity index (χ4v) is 2.04. The van der Waals surface area contributed by atoms with Gasteiger partial charge in [0, 0.05) is 23.0 Å². The van der Waals surface area contributed by atoms with Crippen molar-refractivity contribution in [3.63, 3.8) is 0 Å². The fourth-order valence-electron chi connectivity index (χ4n) is 1.16. The minimum Gasteiger partial charge on any atom is -0.265 e. The molecule has 0 fully saturated rings. The van der Waals surface area contributed by atoms with Gasteiger partial charge < -0.3 is 0 Å². The van der Waals surface area contributed by atoms with Crippen LogP contribution < -0.4 is 0 Å². The van der Waals surface area contributed by atoms with Gasteiger partial charge in [-0.15, -0.1) is 24.2 Å². The monoisotopic (exact) mass is 237 g/mol. The van der Waals surface area contributed by atoms with Crippen LogP contribution in [0.4, 0.5) is 0 Å². The summed E-state index contributed by atoms with van der Waals surface area (Å²) in [5.41, 5.74) is 1.31. The van der Waals surface area contributed by atoms with Gasteiger partial charge in [0.05, 0.1) is 0 Å². The van der Waals surface area contributed by atoms with Crippen molar-refractivity contribution in [2.45, 2.75) is 10.6 Å². The van der Waals surface area contributed by atoms with Crippen LogP contribution in [0.1, 0.15) is 5.56 Å². The van der Waals surface area contributed by atoms with E-state index in [0.29, 0.717) is 0 Å². The van der Waals surface area contributed by atoms with Gasteiger partial charge in [-0.1, -0.05) is 18.2 Å². The minimum absolute atomic E-state index is 0. The number of pyridine rings is 1. The molecule has 1 nitrogen and oxygen atoms in total. The number of hydrogen-bond acceptors (Lipinski definition) is 2. The zero-order chi connectivity index (χ0) is 9.64. The van der Waals surface area contributed by atoms with Crippen LogP contribution in [0.15, 0.2) is 59.8 Å². The lowest BCUT2D eigenvalue weighted by molar-refractivity contribution is 1.27. The van der Waals surface area contributed by atoms with Crippen LogP contribution in [0.3, 0.4) is 0 Å². The molecule has 0 saturated carbocycles. The van der Waals surface area contributed by atoms with Gasteiger partial charge in [-0.2, -0.15) is 0 Å². The third-order valence-electron chi connectivity index (χ3n) is 1.90. The van der Waals surface area contributed by atoms with Crippen LogP contribution in [0.25, 0.3) is 0 Å². The lowest BCUT2D eigenvalue weighted by atomic mass is 10.3. The van der Waals surface area contributed by atoms with Crippen LogP contribution in [-0.2, 0) is 5.75 Å². The number of rotatable bonds is 3. The molecule has 0 unspecified atom stereocenters. The van der Waals surface area contributed by atoms with E-state index in [1.165, 1.54) is 10.5 Å². The van der Waals surface area contributed by atoms with Gasteiger partial charge in [0.2, 0.25) is 0 Å². The molecule has 0 aliphatic carbocycles. The zero-order valence-corrected chi connectivity index (χ0v) is 9.80. The first-order chi connectivity index (χ1) is 6.95. The lowest BCUT2D eigenvalue weighted by Gasteiger charge is -2.00. The van der Waals surface area contributed by atoms with Gasteiger partial charge in [0.15, 0.2) is 0 Å². The highest BCUT2D eigenvalue weighted by Gasteiger charge is 1.93. The normalized spacial score (nSPS) is 9.33. The summed E-state index contributed by atoms with van der Waals surface area (Å²) >= 11 is 1.85. The van der Waals surface area contributed by atoms with E-state index in [0.717, 1.165) is 5.75 Å². The molecule has 0 aliphatic heterocycles. The third-order valence-corrected chi connectivity index (χ3v) is 2.98. The van der Waals surface area contributed by atoms with E-state index in [4.69, 9.17) is 0 Å². The molecule has 1 aromatic heterocycles. The Morgan fingerprint density at radius 2 is 1.60 bits per heavy atom. The highest BCUT2D eigenvalue weighted by molar-refractivity contribution is 7.98. The summed E-state index contributed by atoms with van der Waals surface area (Å²) in [7, 11) is 0. The van der Waals surface area contributed by atoms with E-state index < -0.39 is 0 Å². The summed E-state index contributed by atoms with van der Waals surface area (Å²) in [6, 6.07) is 14.5. The van der Waals surface area contributed by atoms with Gasteiger partial charge in [-0.05, 0) is 29.8 Å². The number of halogens is 1. The van der Waals surface area contributed by atoms with E-state index in [2.05, 4.69) is 41.4 Å². The molecule has 3 heteroatoms. The van der Waals surface area contributed by atoms with Crippen LogP contribution >= 0.6 is 24.2 Å². The second-order valence-corrected chi connectivity index (χ2v) is 4.01. The van der Waals surface area contributed by atoms with Crippen molar-refractivity contribution < 1.29 is 0 Å². The number of thioether (sulfide) groups is 1. The molecule has 0 saturated heterocycles.